The second-order valence-electron chi connectivity index (χ2n) is 15.1. The number of fused-ring (bicyclic) bond motifs is 3. The van der Waals surface area contributed by atoms with Gasteiger partial charge in [-0.2, -0.15) is 35.6 Å². The number of rotatable bonds is 4. The molecule has 0 spiro atoms. The first-order chi connectivity index (χ1) is 26.6. The van der Waals surface area contributed by atoms with E-state index in [1.165, 1.54) is 11.8 Å². The first-order valence-corrected chi connectivity index (χ1v) is 17.6. The van der Waals surface area contributed by atoms with E-state index in [4.69, 9.17) is 8.53 Å². The van der Waals surface area contributed by atoms with Crippen molar-refractivity contribution in [2.24, 2.45) is 6.98 Å². The third-order valence-electron chi connectivity index (χ3n) is 9.36. The van der Waals surface area contributed by atoms with Crippen LogP contribution in [0.4, 0.5) is 0 Å². The summed E-state index contributed by atoms with van der Waals surface area (Å²) in [6.07, 6.45) is 7.60. The molecule has 8 rings (SSSR count). The van der Waals surface area contributed by atoms with Crippen LogP contribution in [0, 0.1) is 29.8 Å². The number of pyridine rings is 1. The van der Waals surface area contributed by atoms with Crippen LogP contribution in [0.15, 0.2) is 132 Å². The Bertz CT molecular complexity index is 2680. The predicted molar refractivity (Wildman–Crippen MR) is 213 cm³/mol. The molecule has 0 unspecified atom stereocenters. The fourth-order valence-electron chi connectivity index (χ4n) is 6.53. The summed E-state index contributed by atoms with van der Waals surface area (Å²) in [6.45, 7) is 11.1. The van der Waals surface area contributed by atoms with Crippen molar-refractivity contribution in [2.75, 3.05) is 0 Å². The molecule has 5 aromatic carbocycles. The van der Waals surface area contributed by atoms with Crippen molar-refractivity contribution < 1.29 is 33.2 Å². The van der Waals surface area contributed by atoms with Gasteiger partial charge < -0.3 is 18.5 Å². The molecule has 0 radical (unpaired) electrons. The second kappa shape index (κ2) is 15.4. The molecule has 5 nitrogen and oxygen atoms in total. The van der Waals surface area contributed by atoms with E-state index in [1.807, 2.05) is 48.5 Å². The normalized spacial score (nSPS) is 12.5. The van der Waals surface area contributed by atoms with Crippen molar-refractivity contribution >= 4 is 21.9 Å². The van der Waals surface area contributed by atoms with Crippen molar-refractivity contribution in [2.45, 2.75) is 52.4 Å². The van der Waals surface area contributed by atoms with E-state index in [1.54, 1.807) is 23.0 Å². The standard InChI is InChI=1S/C38H33N2O.C10H9N2.Ir/c1-37(2,3)28-17-14-25(15-18-28)24-10-12-26(13-11-24)33-27(23-39)16-19-30-34-31(38(4,5)6)21-20-29(35(34)41-36(30)33)32-9-7-8-22-40-32;1-11-7-8-12(9-11)10-5-3-2-4-6-10;/h7-19,21-22H,1-6H3;2-5,7-8H,1H3;/q2*-1;+3/i;1D3;. The molecule has 3 aromatic heterocycles. The van der Waals surface area contributed by atoms with E-state index >= 15 is 0 Å². The van der Waals surface area contributed by atoms with Gasteiger partial charge in [-0.25, -0.2) is 0 Å². The van der Waals surface area contributed by atoms with Crippen LogP contribution in [0.5, 0.6) is 0 Å². The summed E-state index contributed by atoms with van der Waals surface area (Å²) >= 11 is 0. The summed E-state index contributed by atoms with van der Waals surface area (Å²) in [5.74, 6) is 0. The maximum atomic E-state index is 10.1. The zero-order valence-electron chi connectivity index (χ0n) is 34.2. The number of para-hydroxylation sites is 1. The summed E-state index contributed by atoms with van der Waals surface area (Å²) < 4.78 is 31.0. The van der Waals surface area contributed by atoms with Gasteiger partial charge in [0.25, 0.3) is 0 Å². The minimum absolute atomic E-state index is 0. The van der Waals surface area contributed by atoms with E-state index in [9.17, 15) is 5.26 Å². The molecular formula is C48H42IrN4O+. The van der Waals surface area contributed by atoms with Crippen LogP contribution in [-0.4, -0.2) is 9.55 Å². The van der Waals surface area contributed by atoms with Crippen LogP contribution in [0.3, 0.4) is 0 Å². The number of nitriles is 1. The van der Waals surface area contributed by atoms with Crippen molar-refractivity contribution in [3.63, 3.8) is 0 Å². The Hall–Kier alpha value is -5.60. The fraction of sp³-hybridized carbons (Fsp3) is 0.188. The Morgan fingerprint density at radius 2 is 1.50 bits per heavy atom. The zero-order valence-corrected chi connectivity index (χ0v) is 33.5. The second-order valence-corrected chi connectivity index (χ2v) is 15.1. The van der Waals surface area contributed by atoms with Gasteiger partial charge in [0.1, 0.15) is 5.58 Å². The number of nitrogens with zero attached hydrogens (tertiary/aromatic N) is 4. The van der Waals surface area contributed by atoms with Crippen LogP contribution in [0.2, 0.25) is 0 Å². The quantitative estimate of drug-likeness (QED) is 0.131. The Balaban J connectivity index is 0.000000288. The molecule has 8 aromatic rings. The van der Waals surface area contributed by atoms with E-state index < -0.39 is 6.98 Å². The fourth-order valence-corrected chi connectivity index (χ4v) is 6.53. The molecule has 0 bridgehead atoms. The molecule has 0 saturated carbocycles. The van der Waals surface area contributed by atoms with Gasteiger partial charge in [0.05, 0.1) is 28.3 Å². The molecule has 0 N–H and O–H groups in total. The summed E-state index contributed by atoms with van der Waals surface area (Å²) in [5, 5.41) is 12.2. The molecule has 0 fully saturated rings. The Morgan fingerprint density at radius 1 is 0.796 bits per heavy atom. The maximum absolute atomic E-state index is 10.1. The molecular weight excluding hydrogens is 841 g/mol. The van der Waals surface area contributed by atoms with E-state index in [-0.39, 0.29) is 30.9 Å². The number of imidazole rings is 1. The summed E-state index contributed by atoms with van der Waals surface area (Å²) in [7, 11) is 0. The van der Waals surface area contributed by atoms with Gasteiger partial charge in [-0.05, 0) is 50.9 Å². The minimum atomic E-state index is -2.18. The molecule has 0 saturated heterocycles. The van der Waals surface area contributed by atoms with Crippen LogP contribution < -0.4 is 4.57 Å². The molecule has 0 amide bonds. The van der Waals surface area contributed by atoms with Gasteiger partial charge in [-0.1, -0.05) is 125 Å². The van der Waals surface area contributed by atoms with Gasteiger partial charge in [0.15, 0.2) is 0 Å². The zero-order chi connectivity index (χ0) is 39.8. The number of hydrogen-bond acceptors (Lipinski definition) is 3. The molecule has 0 atom stereocenters. The first-order valence-electron chi connectivity index (χ1n) is 19.1. The smallest absolute Gasteiger partial charge is 0.500 e. The average molecular weight is 886 g/mol. The number of hydrogen-bond donors (Lipinski definition) is 0. The van der Waals surface area contributed by atoms with Crippen molar-refractivity contribution in [1.82, 2.24) is 9.55 Å². The Morgan fingerprint density at radius 3 is 2.09 bits per heavy atom. The van der Waals surface area contributed by atoms with Crippen LogP contribution in [-0.2, 0) is 37.9 Å². The topological polar surface area (TPSA) is 58.6 Å². The maximum Gasteiger partial charge on any atom is 3.00 e. The van der Waals surface area contributed by atoms with Crippen molar-refractivity contribution in [3.05, 3.63) is 163 Å². The van der Waals surface area contributed by atoms with Gasteiger partial charge in [-0.15, -0.1) is 17.7 Å². The third kappa shape index (κ3) is 7.71. The minimum Gasteiger partial charge on any atom is -0.500 e. The summed E-state index contributed by atoms with van der Waals surface area (Å²) in [6, 6.07) is 45.2. The van der Waals surface area contributed by atoms with Crippen molar-refractivity contribution in [1.29, 1.82) is 5.26 Å². The van der Waals surface area contributed by atoms with E-state index in [2.05, 4.69) is 126 Å². The van der Waals surface area contributed by atoms with Crippen molar-refractivity contribution in [3.8, 4) is 45.3 Å². The number of furan rings is 1. The molecule has 0 aliphatic rings. The average Bonchev–Trinajstić information content (AvgIpc) is 3.84. The largest absolute Gasteiger partial charge is 3.00 e. The van der Waals surface area contributed by atoms with E-state index in [0.717, 1.165) is 65.7 Å². The summed E-state index contributed by atoms with van der Waals surface area (Å²) in [5.41, 5.74) is 10.9. The predicted octanol–water partition coefficient (Wildman–Crippen LogP) is 11.1. The third-order valence-corrected chi connectivity index (χ3v) is 9.36. The Labute approximate surface area is 336 Å². The first kappa shape index (κ1) is 34.2. The molecule has 3 heterocycles. The number of benzene rings is 5. The van der Waals surface area contributed by atoms with Gasteiger partial charge in [-0.3, -0.25) is 0 Å². The van der Waals surface area contributed by atoms with Gasteiger partial charge >= 0.3 is 20.1 Å². The molecule has 54 heavy (non-hydrogen) atoms. The molecule has 6 heteroatoms. The van der Waals surface area contributed by atoms with Crippen LogP contribution in [0.25, 0.3) is 61.1 Å². The molecule has 0 aliphatic heterocycles. The van der Waals surface area contributed by atoms with Gasteiger partial charge in [0, 0.05) is 29.5 Å². The van der Waals surface area contributed by atoms with E-state index in [0.29, 0.717) is 11.1 Å². The number of aryl methyl sites for hydroxylation is 1. The van der Waals surface area contributed by atoms with Crippen LogP contribution in [0.1, 0.15) is 62.3 Å². The Kier molecular flexibility index (Phi) is 9.75. The molecule has 268 valence electrons. The molecule has 0 aliphatic carbocycles. The SMILES string of the molecule is CC(C)(C)c1ccc(-c2ccc(-c3c(C#N)ccc4c3oc3c(-c5ccccn5)[c-]cc(C(C)(C)C)c34)cc2)cc1.[2H]C([2H])([2H])[n+]1[c-]n(-c2[c-]cccc2)cc1.[Ir+3]. The van der Waals surface area contributed by atoms with Crippen LogP contribution >= 0.6 is 0 Å². The summed E-state index contributed by atoms with van der Waals surface area (Å²) in [4.78, 5) is 4.59. The number of aromatic nitrogens is 3. The van der Waals surface area contributed by atoms with Gasteiger partial charge in [0.2, 0.25) is 6.33 Å². The monoisotopic (exact) mass is 886 g/mol.